The fourth-order valence-corrected chi connectivity index (χ4v) is 2.43. The second-order valence-corrected chi connectivity index (χ2v) is 7.08. The first-order valence-electron chi connectivity index (χ1n) is 9.52. The van der Waals surface area contributed by atoms with Crippen LogP contribution in [0, 0.1) is 17.0 Å². The number of ether oxygens (including phenoxy) is 1. The number of nitrogens with zero attached hydrogens (tertiary/aromatic N) is 2. The number of benzene rings is 2. The topological polar surface area (TPSA) is 47.7 Å². The molecule has 0 aromatic heterocycles. The first kappa shape index (κ1) is 20.0. The van der Waals surface area contributed by atoms with Gasteiger partial charge in [0.2, 0.25) is 5.69 Å². The normalized spacial score (nSPS) is 14.1. The van der Waals surface area contributed by atoms with Crippen LogP contribution in [-0.4, -0.2) is 11.5 Å². The van der Waals surface area contributed by atoms with Gasteiger partial charge in [0.05, 0.1) is 6.61 Å². The molecule has 2 aromatic rings. The first-order chi connectivity index (χ1) is 12.5. The van der Waals surface area contributed by atoms with Gasteiger partial charge in [-0.3, -0.25) is 0 Å². The molecular formula is C22H30N2O2. The van der Waals surface area contributed by atoms with Crippen molar-refractivity contribution >= 4 is 11.4 Å². The van der Waals surface area contributed by atoms with Gasteiger partial charge in [0.25, 0.3) is 0 Å². The van der Waals surface area contributed by atoms with E-state index >= 15 is 0 Å². The summed E-state index contributed by atoms with van der Waals surface area (Å²) in [7, 11) is 0. The summed E-state index contributed by atoms with van der Waals surface area (Å²) in [5.41, 5.74) is 2.40. The Hall–Kier alpha value is -2.36. The largest absolute Gasteiger partial charge is 0.594 e. The third-order valence-corrected chi connectivity index (χ3v) is 4.71. The van der Waals surface area contributed by atoms with Gasteiger partial charge in [0.1, 0.15) is 11.4 Å². The number of hydrogen-bond donors (Lipinski definition) is 0. The van der Waals surface area contributed by atoms with Crippen LogP contribution in [-0.2, 0) is 6.42 Å². The van der Waals surface area contributed by atoms with Gasteiger partial charge in [-0.2, -0.15) is 0 Å². The summed E-state index contributed by atoms with van der Waals surface area (Å²) in [4.78, 5) is 0.669. The molecule has 0 aliphatic rings. The first-order valence-corrected chi connectivity index (χ1v) is 9.52. The van der Waals surface area contributed by atoms with E-state index in [0.29, 0.717) is 34.7 Å². The average Bonchev–Trinajstić information content (AvgIpc) is 2.67. The lowest BCUT2D eigenvalue weighted by Crippen LogP contribution is -2.06. The molecule has 0 radical (unpaired) electrons. The van der Waals surface area contributed by atoms with Crippen molar-refractivity contribution in [3.63, 3.8) is 0 Å². The van der Waals surface area contributed by atoms with Gasteiger partial charge < -0.3 is 9.94 Å². The van der Waals surface area contributed by atoms with Crippen molar-refractivity contribution in [2.45, 2.75) is 47.0 Å². The Kier molecular flexibility index (Phi) is 7.64. The molecule has 2 aromatic carbocycles. The molecule has 0 heterocycles. The molecule has 0 fully saturated rings. The lowest BCUT2D eigenvalue weighted by Gasteiger charge is -2.10. The zero-order valence-electron chi connectivity index (χ0n) is 16.3. The van der Waals surface area contributed by atoms with Crippen LogP contribution in [0.5, 0.6) is 5.75 Å². The maximum Gasteiger partial charge on any atom is 0.244 e. The fraction of sp³-hybridized carbons (Fsp3) is 0.455. The van der Waals surface area contributed by atoms with Gasteiger partial charge in [-0.1, -0.05) is 57.5 Å². The molecule has 0 spiro atoms. The number of azo groups is 1. The lowest BCUT2D eigenvalue weighted by molar-refractivity contribution is -0.435. The molecule has 26 heavy (non-hydrogen) atoms. The van der Waals surface area contributed by atoms with Crippen LogP contribution < -0.4 is 4.74 Å². The third-order valence-electron chi connectivity index (χ3n) is 4.71. The fourth-order valence-electron chi connectivity index (χ4n) is 2.43. The summed E-state index contributed by atoms with van der Waals surface area (Å²) < 4.78 is 5.72. The molecule has 0 saturated carbocycles. The molecule has 2 unspecified atom stereocenters. The van der Waals surface area contributed by atoms with E-state index in [9.17, 15) is 5.21 Å². The van der Waals surface area contributed by atoms with Crippen LogP contribution in [0.2, 0.25) is 0 Å². The molecule has 0 N–H and O–H groups in total. The van der Waals surface area contributed by atoms with Gasteiger partial charge >= 0.3 is 0 Å². The molecule has 2 rings (SSSR count). The van der Waals surface area contributed by atoms with E-state index in [2.05, 4.69) is 32.8 Å². The van der Waals surface area contributed by atoms with E-state index in [-0.39, 0.29) is 0 Å². The predicted octanol–water partition coefficient (Wildman–Crippen LogP) is 6.63. The highest BCUT2D eigenvalue weighted by molar-refractivity contribution is 5.40. The van der Waals surface area contributed by atoms with Crippen molar-refractivity contribution in [1.82, 2.24) is 0 Å². The van der Waals surface area contributed by atoms with Crippen LogP contribution >= 0.6 is 0 Å². The summed E-state index contributed by atoms with van der Waals surface area (Å²) in [6.07, 6.45) is 3.28. The maximum atomic E-state index is 12.3. The smallest absolute Gasteiger partial charge is 0.244 e. The van der Waals surface area contributed by atoms with E-state index < -0.39 is 0 Å². The quantitative estimate of drug-likeness (QED) is 0.288. The summed E-state index contributed by atoms with van der Waals surface area (Å²) in [5.74, 6) is 1.98. The second-order valence-electron chi connectivity index (χ2n) is 7.08. The monoisotopic (exact) mass is 354 g/mol. The Morgan fingerprint density at radius 1 is 0.923 bits per heavy atom. The van der Waals surface area contributed by atoms with Crippen LogP contribution in [0.15, 0.2) is 53.6 Å². The Labute approximate surface area is 157 Å². The Morgan fingerprint density at radius 3 is 2.12 bits per heavy atom. The second kappa shape index (κ2) is 9.95. The van der Waals surface area contributed by atoms with E-state index in [0.717, 1.165) is 25.0 Å². The molecular weight excluding hydrogens is 324 g/mol. The third kappa shape index (κ3) is 6.17. The summed E-state index contributed by atoms with van der Waals surface area (Å²) in [6, 6.07) is 15.0. The van der Waals surface area contributed by atoms with Gasteiger partial charge in [0, 0.05) is 17.2 Å². The molecule has 4 heteroatoms. The molecule has 0 saturated heterocycles. The van der Waals surface area contributed by atoms with Gasteiger partial charge in [-0.15, -0.1) is 0 Å². The van der Waals surface area contributed by atoms with E-state index in [1.165, 1.54) is 5.56 Å². The molecule has 2 atom stereocenters. The Bertz CT molecular complexity index is 693. The highest BCUT2D eigenvalue weighted by Gasteiger charge is 2.07. The van der Waals surface area contributed by atoms with Gasteiger partial charge in [-0.25, -0.2) is 0 Å². The zero-order valence-corrected chi connectivity index (χ0v) is 16.3. The average molecular weight is 354 g/mol. The summed E-state index contributed by atoms with van der Waals surface area (Å²) >= 11 is 0. The van der Waals surface area contributed by atoms with Crippen molar-refractivity contribution < 1.29 is 9.60 Å². The Balaban J connectivity index is 2.00. The standard InChI is InChI=1S/C22H30N2O2/c1-5-17(3)15-19-7-11-21(12-8-19)24(25)23-20-9-13-22(14-10-20)26-16-18(4)6-2/h7-14,17-18H,5-6,15-16H2,1-4H3. The molecule has 0 aliphatic carbocycles. The van der Waals surface area contributed by atoms with Crippen LogP contribution in [0.25, 0.3) is 0 Å². The van der Waals surface area contributed by atoms with Crippen LogP contribution in [0.1, 0.15) is 46.1 Å². The molecule has 0 amide bonds. The Morgan fingerprint density at radius 2 is 1.54 bits per heavy atom. The SMILES string of the molecule is CCC(C)COc1ccc(N=[N+]([O-])c2ccc(CC(C)CC)cc2)cc1. The van der Waals surface area contributed by atoms with Gasteiger partial charge in [0.15, 0.2) is 0 Å². The highest BCUT2D eigenvalue weighted by atomic mass is 16.5. The van der Waals surface area contributed by atoms with Crippen molar-refractivity contribution in [1.29, 1.82) is 0 Å². The minimum absolute atomic E-state index is 0.528. The van der Waals surface area contributed by atoms with Gasteiger partial charge in [-0.05, 0) is 48.1 Å². The number of rotatable bonds is 9. The minimum Gasteiger partial charge on any atom is -0.594 e. The van der Waals surface area contributed by atoms with Crippen molar-refractivity contribution in [2.24, 2.45) is 17.0 Å². The highest BCUT2D eigenvalue weighted by Crippen LogP contribution is 2.22. The summed E-state index contributed by atoms with van der Waals surface area (Å²) in [5, 5.41) is 16.4. The van der Waals surface area contributed by atoms with Crippen molar-refractivity contribution in [3.8, 4) is 5.75 Å². The van der Waals surface area contributed by atoms with Crippen molar-refractivity contribution in [2.75, 3.05) is 6.61 Å². The summed E-state index contributed by atoms with van der Waals surface area (Å²) in [6.45, 7) is 9.43. The van der Waals surface area contributed by atoms with Crippen molar-refractivity contribution in [3.05, 3.63) is 59.3 Å². The molecule has 4 nitrogen and oxygen atoms in total. The molecule has 140 valence electrons. The molecule has 0 aliphatic heterocycles. The van der Waals surface area contributed by atoms with E-state index in [4.69, 9.17) is 4.74 Å². The number of hydrogen-bond acceptors (Lipinski definition) is 3. The lowest BCUT2D eigenvalue weighted by atomic mass is 9.99. The minimum atomic E-state index is 0.528. The van der Waals surface area contributed by atoms with Crippen LogP contribution in [0.4, 0.5) is 11.4 Å². The van der Waals surface area contributed by atoms with E-state index in [1.807, 2.05) is 36.4 Å². The molecule has 0 bridgehead atoms. The van der Waals surface area contributed by atoms with E-state index in [1.54, 1.807) is 12.1 Å². The maximum absolute atomic E-state index is 12.3. The predicted molar refractivity (Wildman–Crippen MR) is 106 cm³/mol. The zero-order chi connectivity index (χ0) is 18.9. The van der Waals surface area contributed by atoms with Crippen LogP contribution in [0.3, 0.4) is 0 Å².